The van der Waals surface area contributed by atoms with Crippen molar-refractivity contribution in [3.05, 3.63) is 27.2 Å². The molecule has 5 heteroatoms. The maximum absolute atomic E-state index is 13.6. The van der Waals surface area contributed by atoms with Crippen LogP contribution in [0.25, 0.3) is 11.0 Å². The monoisotopic (exact) mass is 358 g/mol. The Hall–Kier alpha value is -0.680. The topological polar surface area (TPSA) is 20.7 Å². The lowest BCUT2D eigenvalue weighted by atomic mass is 10.0. The van der Waals surface area contributed by atoms with Crippen LogP contribution in [0.4, 0.5) is 4.39 Å². The predicted molar refractivity (Wildman–Crippen MR) is 88.3 cm³/mol. The normalized spacial score (nSPS) is 13.0. The average molecular weight is 359 g/mol. The number of H-pyrrole nitrogens is 1. The summed E-state index contributed by atoms with van der Waals surface area (Å²) >= 11 is 8.71. The van der Waals surface area contributed by atoms with Crippen LogP contribution >= 0.6 is 28.1 Å². The second-order valence-electron chi connectivity index (χ2n) is 5.17. The van der Waals surface area contributed by atoms with Crippen molar-refractivity contribution in [1.29, 1.82) is 0 Å². The van der Waals surface area contributed by atoms with Gasteiger partial charge in [-0.25, -0.2) is 4.39 Å². The van der Waals surface area contributed by atoms with Crippen molar-refractivity contribution < 1.29 is 4.39 Å². The third-order valence-electron chi connectivity index (χ3n) is 3.64. The average Bonchev–Trinajstić information content (AvgIpc) is 2.71. The number of rotatable bonds is 6. The highest BCUT2D eigenvalue weighted by atomic mass is 79.9. The van der Waals surface area contributed by atoms with E-state index in [1.54, 1.807) is 0 Å². The summed E-state index contributed by atoms with van der Waals surface area (Å²) in [6.07, 6.45) is 5.68. The summed E-state index contributed by atoms with van der Waals surface area (Å²) < 4.78 is 17.0. The lowest BCUT2D eigenvalue weighted by Crippen LogP contribution is -2.09. The second-order valence-corrected chi connectivity index (χ2v) is 6.41. The highest BCUT2D eigenvalue weighted by molar-refractivity contribution is 9.10. The number of fused-ring (bicyclic) bond motifs is 1. The highest BCUT2D eigenvalue weighted by Crippen LogP contribution is 2.29. The van der Waals surface area contributed by atoms with Gasteiger partial charge in [0.05, 0.1) is 15.5 Å². The fourth-order valence-electron chi connectivity index (χ4n) is 2.66. The van der Waals surface area contributed by atoms with Gasteiger partial charge in [-0.05, 0) is 47.1 Å². The van der Waals surface area contributed by atoms with Crippen molar-refractivity contribution in [2.45, 2.75) is 52.0 Å². The molecule has 2 nitrogen and oxygen atoms in total. The van der Waals surface area contributed by atoms with Gasteiger partial charge in [0.2, 0.25) is 0 Å². The molecule has 1 aromatic heterocycles. The summed E-state index contributed by atoms with van der Waals surface area (Å²) in [6.45, 7) is 4.39. The largest absolute Gasteiger partial charge is 0.330 e. The van der Waals surface area contributed by atoms with Gasteiger partial charge in [0.25, 0.3) is 0 Å². The molecule has 20 heavy (non-hydrogen) atoms. The van der Waals surface area contributed by atoms with Gasteiger partial charge < -0.3 is 9.55 Å². The molecule has 0 aliphatic carbocycles. The summed E-state index contributed by atoms with van der Waals surface area (Å²) in [4.78, 5) is 3.13. The van der Waals surface area contributed by atoms with Crippen molar-refractivity contribution in [3.63, 3.8) is 0 Å². The van der Waals surface area contributed by atoms with Crippen LogP contribution < -0.4 is 0 Å². The molecule has 1 atom stereocenters. The number of aromatic nitrogens is 2. The molecule has 0 radical (unpaired) electrons. The number of nitrogens with one attached hydrogen (secondary N) is 1. The zero-order chi connectivity index (χ0) is 14.7. The van der Waals surface area contributed by atoms with Crippen molar-refractivity contribution in [2.75, 3.05) is 0 Å². The third-order valence-corrected chi connectivity index (χ3v) is 4.54. The molecular weight excluding hydrogens is 339 g/mol. The molecule has 0 aliphatic heterocycles. The van der Waals surface area contributed by atoms with Crippen molar-refractivity contribution in [1.82, 2.24) is 9.55 Å². The van der Waals surface area contributed by atoms with Gasteiger partial charge in [-0.1, -0.05) is 33.1 Å². The maximum Gasteiger partial charge on any atom is 0.178 e. The van der Waals surface area contributed by atoms with Gasteiger partial charge in [0, 0.05) is 12.1 Å². The minimum Gasteiger partial charge on any atom is -0.330 e. The Balaban J connectivity index is 2.52. The molecule has 1 unspecified atom stereocenters. The van der Waals surface area contributed by atoms with E-state index in [-0.39, 0.29) is 5.82 Å². The summed E-state index contributed by atoms with van der Waals surface area (Å²) in [5.74, 6) is -0.263. The third kappa shape index (κ3) is 3.14. The summed E-state index contributed by atoms with van der Waals surface area (Å²) in [5, 5.41) is 0. The van der Waals surface area contributed by atoms with Crippen molar-refractivity contribution in [2.24, 2.45) is 0 Å². The zero-order valence-corrected chi connectivity index (χ0v) is 14.3. The summed E-state index contributed by atoms with van der Waals surface area (Å²) in [7, 11) is 0. The van der Waals surface area contributed by atoms with Gasteiger partial charge in [-0.2, -0.15) is 0 Å². The van der Waals surface area contributed by atoms with Gasteiger partial charge in [-0.3, -0.25) is 0 Å². The number of halogens is 2. The molecule has 1 N–H and O–H groups in total. The van der Waals surface area contributed by atoms with E-state index in [1.807, 2.05) is 6.07 Å². The van der Waals surface area contributed by atoms with E-state index < -0.39 is 0 Å². The molecule has 0 amide bonds. The Morgan fingerprint density at radius 3 is 2.70 bits per heavy atom. The molecule has 0 fully saturated rings. The van der Waals surface area contributed by atoms with E-state index in [0.717, 1.165) is 30.3 Å². The van der Waals surface area contributed by atoms with Gasteiger partial charge in [-0.15, -0.1) is 0 Å². The quantitative estimate of drug-likeness (QED) is 0.615. The second kappa shape index (κ2) is 6.85. The molecule has 110 valence electrons. The first-order valence-corrected chi connectivity index (χ1v) is 8.37. The van der Waals surface area contributed by atoms with Crippen molar-refractivity contribution >= 4 is 39.2 Å². The molecule has 2 rings (SSSR count). The fourth-order valence-corrected chi connectivity index (χ4v) is 3.35. The fraction of sp³-hybridized carbons (Fsp3) is 0.533. The van der Waals surface area contributed by atoms with Crippen LogP contribution in [-0.4, -0.2) is 9.55 Å². The van der Waals surface area contributed by atoms with Crippen LogP contribution in [-0.2, 0) is 0 Å². The van der Waals surface area contributed by atoms with E-state index >= 15 is 0 Å². The van der Waals surface area contributed by atoms with Gasteiger partial charge >= 0.3 is 0 Å². The summed E-state index contributed by atoms with van der Waals surface area (Å²) in [6, 6.07) is 3.72. The lowest BCUT2D eigenvalue weighted by Gasteiger charge is -2.19. The zero-order valence-electron chi connectivity index (χ0n) is 11.9. The molecule has 2 aromatic rings. The van der Waals surface area contributed by atoms with Crippen LogP contribution in [0, 0.1) is 10.6 Å². The summed E-state index contributed by atoms with van der Waals surface area (Å²) in [5.41, 5.74) is 1.76. The number of unbranched alkanes of at least 4 members (excludes halogenated alkanes) is 1. The lowest BCUT2D eigenvalue weighted by molar-refractivity contribution is 0.422. The molecule has 0 aliphatic rings. The van der Waals surface area contributed by atoms with Gasteiger partial charge in [0.15, 0.2) is 4.77 Å². The molecule has 1 heterocycles. The predicted octanol–water partition coefficient (Wildman–Crippen LogP) is 6.13. The number of nitrogens with zero attached hydrogens (tertiary/aromatic N) is 1. The Labute approximate surface area is 132 Å². The molecule has 0 saturated carbocycles. The SMILES string of the molecule is CCCCC(CCC)n1c(=S)[nH]c2cc(F)c(Br)cc21. The number of imidazole rings is 1. The number of hydrogen-bond donors (Lipinski definition) is 1. The van der Waals surface area contributed by atoms with E-state index in [9.17, 15) is 4.39 Å². The first kappa shape index (κ1) is 15.7. The highest BCUT2D eigenvalue weighted by Gasteiger charge is 2.16. The first-order chi connectivity index (χ1) is 9.58. The molecule has 1 aromatic carbocycles. The minimum atomic E-state index is -0.263. The standard InChI is InChI=1S/C15H20BrFN2S/c1-3-5-7-10(6-4-2)19-14-8-11(16)12(17)9-13(14)18-15(19)20/h8-10H,3-7H2,1-2H3,(H,18,20). The van der Waals surface area contributed by atoms with Gasteiger partial charge in [0.1, 0.15) is 5.82 Å². The first-order valence-electron chi connectivity index (χ1n) is 7.17. The molecule has 0 saturated heterocycles. The van der Waals surface area contributed by atoms with Crippen LogP contribution in [0.3, 0.4) is 0 Å². The Morgan fingerprint density at radius 1 is 1.30 bits per heavy atom. The van der Waals surface area contributed by atoms with Crippen molar-refractivity contribution in [3.8, 4) is 0 Å². The molecule has 0 bridgehead atoms. The van der Waals surface area contributed by atoms with Crippen LogP contribution in [0.2, 0.25) is 0 Å². The van der Waals surface area contributed by atoms with Crippen LogP contribution in [0.15, 0.2) is 16.6 Å². The van der Waals surface area contributed by atoms with E-state index in [1.165, 1.54) is 18.9 Å². The minimum absolute atomic E-state index is 0.263. The number of benzene rings is 1. The Morgan fingerprint density at radius 2 is 2.05 bits per heavy atom. The van der Waals surface area contributed by atoms with E-state index in [4.69, 9.17) is 12.2 Å². The number of aromatic amines is 1. The number of hydrogen-bond acceptors (Lipinski definition) is 1. The van der Waals surface area contributed by atoms with E-state index in [2.05, 4.69) is 39.3 Å². The molecule has 0 spiro atoms. The molecular formula is C15H20BrFN2S. The maximum atomic E-state index is 13.6. The Kier molecular flexibility index (Phi) is 5.38. The van der Waals surface area contributed by atoms with E-state index in [0.29, 0.717) is 15.3 Å². The van der Waals surface area contributed by atoms with Crippen LogP contribution in [0.1, 0.15) is 52.0 Å². The van der Waals surface area contributed by atoms with Crippen LogP contribution in [0.5, 0.6) is 0 Å². The smallest absolute Gasteiger partial charge is 0.178 e. The Bertz CT molecular complexity index is 647.